The van der Waals surface area contributed by atoms with E-state index >= 15 is 0 Å². The van der Waals surface area contributed by atoms with Crippen molar-refractivity contribution in [2.75, 3.05) is 0 Å². The van der Waals surface area contributed by atoms with Crippen molar-refractivity contribution >= 4 is 23.6 Å². The molecule has 0 nitrogen and oxygen atoms in total. The molecule has 0 aliphatic heterocycles. The zero-order valence-corrected chi connectivity index (χ0v) is 13.0. The summed E-state index contributed by atoms with van der Waals surface area (Å²) in [5.74, 6) is 0. The van der Waals surface area contributed by atoms with Gasteiger partial charge in [0, 0.05) is 0 Å². The molecule has 0 saturated heterocycles. The van der Waals surface area contributed by atoms with Crippen LogP contribution in [0.5, 0.6) is 0 Å². The van der Waals surface area contributed by atoms with Gasteiger partial charge in [-0.3, -0.25) is 0 Å². The second-order valence-electron chi connectivity index (χ2n) is 5.45. The first-order chi connectivity index (χ1) is 7.28. The smallest absolute Gasteiger partial charge is 0.160 e. The van der Waals surface area contributed by atoms with Crippen LogP contribution >= 0.6 is 11.1 Å². The molecule has 0 amide bonds. The van der Waals surface area contributed by atoms with Crippen LogP contribution in [0.25, 0.3) is 0 Å². The van der Waals surface area contributed by atoms with Crippen LogP contribution in [0, 0.1) is 13.8 Å². The minimum Gasteiger partial charge on any atom is -0.160 e. The highest BCUT2D eigenvalue weighted by Gasteiger charge is 2.40. The lowest BCUT2D eigenvalue weighted by Crippen LogP contribution is -2.48. The van der Waals surface area contributed by atoms with E-state index in [1.807, 2.05) is 0 Å². The lowest BCUT2D eigenvalue weighted by Gasteiger charge is -2.33. The summed E-state index contributed by atoms with van der Waals surface area (Å²) >= 11 is 7.02. The zero-order chi connectivity index (χ0) is 12.5. The van der Waals surface area contributed by atoms with Crippen LogP contribution in [-0.4, -0.2) is 7.38 Å². The summed E-state index contributed by atoms with van der Waals surface area (Å²) in [5.41, 5.74) is 3.79. The highest BCUT2D eigenvalue weighted by molar-refractivity contribution is 7.28. The van der Waals surface area contributed by atoms with Crippen LogP contribution in [0.1, 0.15) is 38.8 Å². The molecule has 0 aliphatic rings. The Morgan fingerprint density at radius 1 is 0.875 bits per heavy atom. The zero-order valence-electron chi connectivity index (χ0n) is 11.3. The van der Waals surface area contributed by atoms with E-state index in [4.69, 9.17) is 11.1 Å². The SMILES string of the molecule is Cc1cc(C)cc([Si](Cl)(C(C)C)C(C)C)c1. The molecule has 1 aromatic rings. The third kappa shape index (κ3) is 2.52. The Balaban J connectivity index is 3.32. The van der Waals surface area contributed by atoms with Crippen molar-refractivity contribution in [3.63, 3.8) is 0 Å². The van der Waals surface area contributed by atoms with Gasteiger partial charge >= 0.3 is 0 Å². The summed E-state index contributed by atoms with van der Waals surface area (Å²) < 4.78 is 0. The maximum Gasteiger partial charge on any atom is 0.191 e. The third-order valence-corrected chi connectivity index (χ3v) is 11.2. The molecule has 1 aromatic carbocycles. The topological polar surface area (TPSA) is 0 Å². The van der Waals surface area contributed by atoms with Gasteiger partial charge in [0.15, 0.2) is 7.38 Å². The Hall–Kier alpha value is -0.273. The van der Waals surface area contributed by atoms with Crippen LogP contribution in [0.3, 0.4) is 0 Å². The first kappa shape index (κ1) is 13.8. The second kappa shape index (κ2) is 4.93. The van der Waals surface area contributed by atoms with Gasteiger partial charge in [-0.2, -0.15) is 11.1 Å². The highest BCUT2D eigenvalue weighted by atomic mass is 35.6. The van der Waals surface area contributed by atoms with Crippen molar-refractivity contribution in [1.29, 1.82) is 0 Å². The number of benzene rings is 1. The summed E-state index contributed by atoms with van der Waals surface area (Å²) in [6.07, 6.45) is 0. The van der Waals surface area contributed by atoms with Crippen molar-refractivity contribution in [3.8, 4) is 0 Å². The molecule has 0 N–H and O–H groups in total. The molecular formula is C14H23ClSi. The van der Waals surface area contributed by atoms with Gasteiger partial charge in [-0.25, -0.2) is 0 Å². The summed E-state index contributed by atoms with van der Waals surface area (Å²) in [6.45, 7) is 13.4. The van der Waals surface area contributed by atoms with Gasteiger partial charge in [0.1, 0.15) is 0 Å². The molecule has 0 aliphatic carbocycles. The number of aryl methyl sites for hydroxylation is 2. The van der Waals surface area contributed by atoms with E-state index in [0.29, 0.717) is 11.1 Å². The van der Waals surface area contributed by atoms with E-state index in [0.717, 1.165) is 0 Å². The molecule has 0 bridgehead atoms. The maximum absolute atomic E-state index is 7.02. The minimum absolute atomic E-state index is 0.565. The van der Waals surface area contributed by atoms with Gasteiger partial charge in [0.05, 0.1) is 0 Å². The molecule has 1 rings (SSSR count). The molecule has 0 unspecified atom stereocenters. The van der Waals surface area contributed by atoms with Crippen LogP contribution in [0.15, 0.2) is 18.2 Å². The minimum atomic E-state index is -1.87. The van der Waals surface area contributed by atoms with Crippen molar-refractivity contribution in [2.45, 2.75) is 52.6 Å². The predicted octanol–water partition coefficient (Wildman–Crippen LogP) is 4.51. The Kier molecular flexibility index (Phi) is 4.25. The fourth-order valence-electron chi connectivity index (χ4n) is 2.53. The van der Waals surface area contributed by atoms with Crippen molar-refractivity contribution in [1.82, 2.24) is 0 Å². The van der Waals surface area contributed by atoms with Crippen LogP contribution in [0.4, 0.5) is 0 Å². The van der Waals surface area contributed by atoms with Crippen LogP contribution in [-0.2, 0) is 0 Å². The molecule has 16 heavy (non-hydrogen) atoms. The first-order valence-corrected chi connectivity index (χ1v) is 9.22. The van der Waals surface area contributed by atoms with Crippen molar-refractivity contribution in [3.05, 3.63) is 29.3 Å². The number of halogens is 1. The quantitative estimate of drug-likeness (QED) is 0.550. The third-order valence-electron chi connectivity index (χ3n) is 3.34. The van der Waals surface area contributed by atoms with Gasteiger partial charge in [-0.05, 0) is 30.1 Å². The normalized spacial score (nSPS) is 12.6. The van der Waals surface area contributed by atoms with Gasteiger partial charge in [-0.1, -0.05) is 57.0 Å². The summed E-state index contributed by atoms with van der Waals surface area (Å²) in [4.78, 5) is 0. The van der Waals surface area contributed by atoms with Crippen LogP contribution < -0.4 is 5.19 Å². The molecule has 0 saturated carbocycles. The summed E-state index contributed by atoms with van der Waals surface area (Å²) in [7, 11) is -1.87. The molecule has 0 fully saturated rings. The molecule has 90 valence electrons. The first-order valence-electron chi connectivity index (χ1n) is 6.06. The highest BCUT2D eigenvalue weighted by Crippen LogP contribution is 2.35. The van der Waals surface area contributed by atoms with E-state index in [9.17, 15) is 0 Å². The Labute approximate surface area is 106 Å². The molecule has 0 spiro atoms. The number of rotatable bonds is 3. The molecule has 0 aromatic heterocycles. The van der Waals surface area contributed by atoms with Gasteiger partial charge < -0.3 is 0 Å². The summed E-state index contributed by atoms with van der Waals surface area (Å²) in [6, 6.07) is 6.79. The van der Waals surface area contributed by atoms with Crippen LogP contribution in [0.2, 0.25) is 11.1 Å². The molecule has 0 atom stereocenters. The lowest BCUT2D eigenvalue weighted by atomic mass is 10.2. The van der Waals surface area contributed by atoms with E-state index in [1.54, 1.807) is 0 Å². The van der Waals surface area contributed by atoms with E-state index in [2.05, 4.69) is 59.7 Å². The summed E-state index contributed by atoms with van der Waals surface area (Å²) in [5, 5.41) is 1.40. The average molecular weight is 255 g/mol. The van der Waals surface area contributed by atoms with Gasteiger partial charge in [0.2, 0.25) is 0 Å². The number of hydrogen-bond donors (Lipinski definition) is 0. The van der Waals surface area contributed by atoms with Gasteiger partial charge in [-0.15, -0.1) is 0 Å². The van der Waals surface area contributed by atoms with Crippen molar-refractivity contribution in [2.24, 2.45) is 0 Å². The van der Waals surface area contributed by atoms with E-state index in [1.165, 1.54) is 16.3 Å². The fourth-order valence-corrected chi connectivity index (χ4v) is 6.42. The Bertz CT molecular complexity index is 341. The molecule has 0 heterocycles. The average Bonchev–Trinajstić information content (AvgIpc) is 2.14. The monoisotopic (exact) mass is 254 g/mol. The van der Waals surface area contributed by atoms with Crippen molar-refractivity contribution < 1.29 is 0 Å². The predicted molar refractivity (Wildman–Crippen MR) is 77.4 cm³/mol. The number of hydrogen-bond acceptors (Lipinski definition) is 0. The standard InChI is InChI=1S/C14H23ClSi/c1-10(2)16(15,11(3)4)14-8-12(5)7-13(6)9-14/h7-11H,1-6H3. The molecule has 0 radical (unpaired) electrons. The maximum atomic E-state index is 7.02. The Morgan fingerprint density at radius 3 is 1.56 bits per heavy atom. The largest absolute Gasteiger partial charge is 0.191 e. The van der Waals surface area contributed by atoms with Gasteiger partial charge in [0.25, 0.3) is 0 Å². The lowest BCUT2D eigenvalue weighted by molar-refractivity contribution is 0.939. The fraction of sp³-hybridized carbons (Fsp3) is 0.571. The van der Waals surface area contributed by atoms with E-state index < -0.39 is 7.38 Å². The Morgan fingerprint density at radius 2 is 1.25 bits per heavy atom. The molecule has 2 heteroatoms. The second-order valence-corrected chi connectivity index (χ2v) is 11.8. The molecular weight excluding hydrogens is 232 g/mol. The van der Waals surface area contributed by atoms with E-state index in [-0.39, 0.29) is 0 Å².